The Morgan fingerprint density at radius 2 is 1.83 bits per heavy atom. The van der Waals surface area contributed by atoms with Gasteiger partial charge in [0.2, 0.25) is 5.91 Å². The number of carbonyl (C=O) groups is 2. The van der Waals surface area contributed by atoms with Gasteiger partial charge in [-0.15, -0.1) is 0 Å². The van der Waals surface area contributed by atoms with Gasteiger partial charge < -0.3 is 9.30 Å². The second kappa shape index (κ2) is 6.32. The molecule has 0 radical (unpaired) electrons. The van der Waals surface area contributed by atoms with E-state index in [1.807, 2.05) is 30.3 Å². The Bertz CT molecular complexity index is 598. The van der Waals surface area contributed by atoms with Crippen LogP contribution in [0.1, 0.15) is 26.3 Å². The molecule has 0 saturated carbocycles. The summed E-state index contributed by atoms with van der Waals surface area (Å²) in [7, 11) is -2.13. The van der Waals surface area contributed by atoms with Crippen LogP contribution in [-0.4, -0.2) is 36.0 Å². The van der Waals surface area contributed by atoms with Crippen LogP contribution in [0.3, 0.4) is 0 Å². The number of β-lactam (4-membered cyclic amide) rings is 1. The highest BCUT2D eigenvalue weighted by atomic mass is 32.1. The third-order valence-corrected chi connectivity index (χ3v) is 10.8. The lowest BCUT2D eigenvalue weighted by Crippen LogP contribution is -2.76. The summed E-state index contributed by atoms with van der Waals surface area (Å²) in [6.45, 7) is 10.8. The Hall–Kier alpha value is -1.27. The van der Waals surface area contributed by atoms with Gasteiger partial charge >= 0.3 is 5.97 Å². The number of hydrogen-bond acceptors (Lipinski definition) is 4. The molecule has 0 aromatic heterocycles. The summed E-state index contributed by atoms with van der Waals surface area (Å²) in [4.78, 5) is 24.8. The maximum Gasteiger partial charge on any atom is 0.330 e. The van der Waals surface area contributed by atoms with Gasteiger partial charge in [0.15, 0.2) is 8.24 Å². The molecule has 0 aliphatic carbocycles. The summed E-state index contributed by atoms with van der Waals surface area (Å²) >= 11 is 4.31. The molecule has 4 nitrogen and oxygen atoms in total. The number of amides is 1. The van der Waals surface area contributed by atoms with Crippen LogP contribution in [0.4, 0.5) is 0 Å². The van der Waals surface area contributed by atoms with Crippen LogP contribution in [0.2, 0.25) is 18.1 Å². The van der Waals surface area contributed by atoms with Gasteiger partial charge in [-0.2, -0.15) is 12.6 Å². The maximum atomic E-state index is 12.5. The monoisotopic (exact) mass is 351 g/mol. The second-order valence-electron chi connectivity index (χ2n) is 7.50. The van der Waals surface area contributed by atoms with Crippen LogP contribution in [0.15, 0.2) is 30.3 Å². The molecule has 2 atom stereocenters. The first kappa shape index (κ1) is 18.1. The number of benzene rings is 1. The lowest BCUT2D eigenvalue weighted by molar-refractivity contribution is -0.161. The molecular weight excluding hydrogens is 326 g/mol. The fraction of sp³-hybridized carbons (Fsp3) is 0.529. The average Bonchev–Trinajstić information content (AvgIpc) is 2.48. The van der Waals surface area contributed by atoms with E-state index >= 15 is 0 Å². The normalized spacial score (nSPS) is 21.8. The number of nitrogens with zero attached hydrogens (tertiary/aromatic N) is 1. The van der Waals surface area contributed by atoms with Crippen LogP contribution in [-0.2, 0) is 20.9 Å². The van der Waals surface area contributed by atoms with Gasteiger partial charge in [0.1, 0.15) is 17.9 Å². The number of esters is 1. The van der Waals surface area contributed by atoms with Crippen molar-refractivity contribution in [3.05, 3.63) is 35.9 Å². The van der Waals surface area contributed by atoms with Crippen molar-refractivity contribution >= 4 is 32.7 Å². The van der Waals surface area contributed by atoms with E-state index < -0.39 is 19.5 Å². The van der Waals surface area contributed by atoms with Gasteiger partial charge in [0.25, 0.3) is 0 Å². The molecule has 1 amide bonds. The van der Waals surface area contributed by atoms with Crippen LogP contribution in [0, 0.1) is 0 Å². The lowest BCUT2D eigenvalue weighted by Gasteiger charge is -2.55. The standard InChI is InChI=1S/C17H25NO3SSi/c1-17(2,3)23(4,5)18-13(14(22)15(18)19)16(20)21-11-12-9-7-6-8-10-12/h6-10,13-14,22H,11H2,1-5H3/t13-,14+/m0/s1. The molecule has 0 spiro atoms. The molecule has 1 heterocycles. The van der Waals surface area contributed by atoms with E-state index in [9.17, 15) is 9.59 Å². The van der Waals surface area contributed by atoms with Crippen LogP contribution in [0.5, 0.6) is 0 Å². The van der Waals surface area contributed by atoms with Crippen LogP contribution in [0.25, 0.3) is 0 Å². The molecule has 0 bridgehead atoms. The van der Waals surface area contributed by atoms with Crippen molar-refractivity contribution < 1.29 is 14.3 Å². The van der Waals surface area contributed by atoms with E-state index in [2.05, 4.69) is 46.5 Å². The second-order valence-corrected chi connectivity index (χ2v) is 13.2. The van der Waals surface area contributed by atoms with Crippen LogP contribution >= 0.6 is 12.6 Å². The fourth-order valence-electron chi connectivity index (χ4n) is 2.51. The van der Waals surface area contributed by atoms with Crippen molar-refractivity contribution in [2.45, 2.75) is 56.8 Å². The summed E-state index contributed by atoms with van der Waals surface area (Å²) in [6.07, 6.45) is 0. The van der Waals surface area contributed by atoms with Gasteiger partial charge in [-0.3, -0.25) is 4.79 Å². The molecular formula is C17H25NO3SSi. The minimum atomic E-state index is -2.13. The zero-order chi connectivity index (χ0) is 17.4. The van der Waals surface area contributed by atoms with Crippen molar-refractivity contribution in [3.63, 3.8) is 0 Å². The SMILES string of the molecule is CC(C)(C)[Si](C)(C)N1C(=O)[C@H](S)[C@H]1C(=O)OCc1ccccc1. The van der Waals surface area contributed by atoms with Crippen molar-refractivity contribution in [2.75, 3.05) is 0 Å². The van der Waals surface area contributed by atoms with E-state index in [-0.39, 0.29) is 23.5 Å². The molecule has 0 N–H and O–H groups in total. The summed E-state index contributed by atoms with van der Waals surface area (Å²) in [5.74, 6) is -0.417. The van der Waals surface area contributed by atoms with E-state index in [1.165, 1.54) is 0 Å². The van der Waals surface area contributed by atoms with E-state index in [0.29, 0.717) is 0 Å². The third-order valence-electron chi connectivity index (χ3n) is 4.97. The number of thiol groups is 1. The first-order valence-electron chi connectivity index (χ1n) is 7.79. The molecule has 1 aromatic carbocycles. The Labute approximate surface area is 144 Å². The number of carbonyl (C=O) groups excluding carboxylic acids is 2. The molecule has 1 fully saturated rings. The molecule has 6 heteroatoms. The predicted molar refractivity (Wildman–Crippen MR) is 96.8 cm³/mol. The minimum Gasteiger partial charge on any atom is -0.459 e. The molecule has 0 unspecified atom stereocenters. The smallest absolute Gasteiger partial charge is 0.330 e. The van der Waals surface area contributed by atoms with Gasteiger partial charge in [-0.05, 0) is 10.6 Å². The zero-order valence-corrected chi connectivity index (χ0v) is 16.3. The highest BCUT2D eigenvalue weighted by molar-refractivity contribution is 7.82. The maximum absolute atomic E-state index is 12.5. The summed E-state index contributed by atoms with van der Waals surface area (Å²) in [6, 6.07) is 8.96. The molecule has 1 saturated heterocycles. The third kappa shape index (κ3) is 3.33. The minimum absolute atomic E-state index is 0.0332. The van der Waals surface area contributed by atoms with E-state index in [0.717, 1.165) is 5.56 Å². The van der Waals surface area contributed by atoms with E-state index in [1.54, 1.807) is 4.57 Å². The fourth-order valence-corrected chi connectivity index (χ4v) is 5.48. The molecule has 23 heavy (non-hydrogen) atoms. The molecule has 1 aromatic rings. The van der Waals surface area contributed by atoms with Crippen molar-refractivity contribution in [2.24, 2.45) is 0 Å². The van der Waals surface area contributed by atoms with Gasteiger partial charge in [0.05, 0.1) is 0 Å². The number of ether oxygens (including phenoxy) is 1. The zero-order valence-electron chi connectivity index (χ0n) is 14.4. The van der Waals surface area contributed by atoms with Crippen molar-refractivity contribution in [3.8, 4) is 0 Å². The van der Waals surface area contributed by atoms with Gasteiger partial charge in [0, 0.05) is 0 Å². The topological polar surface area (TPSA) is 46.6 Å². The predicted octanol–water partition coefficient (Wildman–Crippen LogP) is 3.24. The molecule has 1 aliphatic rings. The Kier molecular flexibility index (Phi) is 4.96. The largest absolute Gasteiger partial charge is 0.459 e. The van der Waals surface area contributed by atoms with Crippen molar-refractivity contribution in [1.82, 2.24) is 4.57 Å². The Morgan fingerprint density at radius 3 is 2.35 bits per heavy atom. The first-order valence-corrected chi connectivity index (χ1v) is 11.3. The van der Waals surface area contributed by atoms with Crippen molar-refractivity contribution in [1.29, 1.82) is 0 Å². The van der Waals surface area contributed by atoms with E-state index in [4.69, 9.17) is 4.74 Å². The highest BCUT2D eigenvalue weighted by Crippen LogP contribution is 2.44. The Morgan fingerprint density at radius 1 is 1.26 bits per heavy atom. The quantitative estimate of drug-likeness (QED) is 0.392. The summed E-state index contributed by atoms with van der Waals surface area (Å²) < 4.78 is 7.19. The molecule has 126 valence electrons. The van der Waals surface area contributed by atoms with Gasteiger partial charge in [-0.25, -0.2) is 4.79 Å². The Balaban J connectivity index is 2.11. The average molecular weight is 352 g/mol. The molecule has 1 aliphatic heterocycles. The lowest BCUT2D eigenvalue weighted by atomic mass is 10.1. The van der Waals surface area contributed by atoms with Crippen LogP contribution < -0.4 is 0 Å². The number of rotatable bonds is 4. The number of hydrogen-bond donors (Lipinski definition) is 1. The molecule has 2 rings (SSSR count). The first-order chi connectivity index (χ1) is 10.6. The highest BCUT2D eigenvalue weighted by Gasteiger charge is 2.59. The summed E-state index contributed by atoms with van der Waals surface area (Å²) in [5, 5.41) is -0.624. The summed E-state index contributed by atoms with van der Waals surface area (Å²) in [5.41, 5.74) is 0.932. The van der Waals surface area contributed by atoms with Gasteiger partial charge in [-0.1, -0.05) is 64.2 Å².